The van der Waals surface area contributed by atoms with E-state index in [1.807, 2.05) is 48.2 Å². The Labute approximate surface area is 292 Å². The summed E-state index contributed by atoms with van der Waals surface area (Å²) in [5.41, 5.74) is 1.36. The summed E-state index contributed by atoms with van der Waals surface area (Å²) in [5, 5.41) is 2.69. The minimum atomic E-state index is -4.41. The molecule has 0 bridgehead atoms. The van der Waals surface area contributed by atoms with Gasteiger partial charge in [0.25, 0.3) is 5.91 Å². The average molecular weight is 709 g/mol. The maximum absolute atomic E-state index is 14.0. The van der Waals surface area contributed by atoms with Crippen LogP contribution in [0.25, 0.3) is 11.4 Å². The first-order valence-corrected chi connectivity index (χ1v) is 18.7. The zero-order valence-electron chi connectivity index (χ0n) is 28.5. The topological polar surface area (TPSA) is 164 Å². The minimum Gasteiger partial charge on any atom is -0.449 e. The van der Waals surface area contributed by atoms with E-state index in [1.165, 1.54) is 9.80 Å². The van der Waals surface area contributed by atoms with Crippen LogP contribution in [0, 0.1) is 0 Å². The normalized spacial score (nSPS) is 18.0. The molecule has 2 aliphatic heterocycles. The first-order chi connectivity index (χ1) is 24.2. The lowest BCUT2D eigenvalue weighted by Crippen LogP contribution is -2.56. The Morgan fingerprint density at radius 1 is 0.980 bits per heavy atom. The van der Waals surface area contributed by atoms with Crippen molar-refractivity contribution in [3.05, 3.63) is 78.0 Å². The molecular formula is C35H45N6O8P. The second kappa shape index (κ2) is 17.5. The Hall–Kier alpha value is -4.36. The van der Waals surface area contributed by atoms with Crippen molar-refractivity contribution >= 4 is 31.3 Å². The fourth-order valence-electron chi connectivity index (χ4n) is 5.73. The van der Waals surface area contributed by atoms with Crippen LogP contribution >= 0.6 is 7.60 Å². The van der Waals surface area contributed by atoms with Gasteiger partial charge in [0, 0.05) is 58.0 Å². The monoisotopic (exact) mass is 708 g/mol. The number of nitrogens with one attached hydrogen (secondary N) is 1. The van der Waals surface area contributed by atoms with Crippen LogP contribution in [0.3, 0.4) is 0 Å². The summed E-state index contributed by atoms with van der Waals surface area (Å²) < 4.78 is 29.7. The van der Waals surface area contributed by atoms with Gasteiger partial charge in [0.15, 0.2) is 5.82 Å². The van der Waals surface area contributed by atoms with E-state index in [2.05, 4.69) is 10.3 Å². The second-order valence-corrected chi connectivity index (χ2v) is 14.2. The number of piperazine rings is 1. The molecule has 3 atom stereocenters. The van der Waals surface area contributed by atoms with Crippen LogP contribution in [0.1, 0.15) is 42.2 Å². The molecule has 2 aromatic carbocycles. The van der Waals surface area contributed by atoms with Crippen LogP contribution in [-0.2, 0) is 30.0 Å². The lowest BCUT2D eigenvalue weighted by molar-refractivity contribution is -0.134. The summed E-state index contributed by atoms with van der Waals surface area (Å²) in [7, 11) is -2.75. The van der Waals surface area contributed by atoms with Crippen molar-refractivity contribution in [2.45, 2.75) is 44.9 Å². The number of ether oxygens (including phenoxy) is 2. The number of unbranched alkanes of at least 4 members (excludes halogenated alkanes) is 1. The molecule has 15 heteroatoms. The standard InChI is InChI=1S/C35H45N6O8P/c1-3-4-21-48-35(44)40-19-17-39(18-20-40)34(43)30(25-50(45,46)49-24-26-11-7-5-8-12-26)37-33(42)29-22-31(41-16-15-28(23-41)47-2)38-32(36-29)27-13-9-6-10-14-27/h5-14,22,28,30H,3-4,15-21,23-25H2,1-2H3,(H,37,42)(H,45,46). The van der Waals surface area contributed by atoms with E-state index in [-0.39, 0.29) is 44.6 Å². The second-order valence-electron chi connectivity index (χ2n) is 12.3. The quantitative estimate of drug-likeness (QED) is 0.184. The summed E-state index contributed by atoms with van der Waals surface area (Å²) in [6.07, 6.45) is 1.33. The Bertz CT molecular complexity index is 1640. The number of carbonyl (C=O) groups excluding carboxylic acids is 3. The zero-order valence-corrected chi connectivity index (χ0v) is 29.4. The molecule has 2 fully saturated rings. The van der Waals surface area contributed by atoms with Crippen LogP contribution in [0.5, 0.6) is 0 Å². The third kappa shape index (κ3) is 10.1. The van der Waals surface area contributed by atoms with Gasteiger partial charge in [-0.15, -0.1) is 0 Å². The number of hydrogen-bond donors (Lipinski definition) is 2. The van der Waals surface area contributed by atoms with Crippen molar-refractivity contribution in [3.63, 3.8) is 0 Å². The third-order valence-corrected chi connectivity index (χ3v) is 10.0. The summed E-state index contributed by atoms with van der Waals surface area (Å²) in [6, 6.07) is 18.2. The molecule has 0 aliphatic carbocycles. The van der Waals surface area contributed by atoms with Crippen molar-refractivity contribution in [1.29, 1.82) is 0 Å². The fourth-order valence-corrected chi connectivity index (χ4v) is 6.90. The molecule has 5 rings (SSSR count). The smallest absolute Gasteiger partial charge is 0.409 e. The molecule has 268 valence electrons. The molecule has 3 heterocycles. The van der Waals surface area contributed by atoms with Crippen LogP contribution in [-0.4, -0.2) is 114 Å². The number of aromatic nitrogens is 2. The Morgan fingerprint density at radius 2 is 1.66 bits per heavy atom. The molecule has 0 saturated carbocycles. The highest BCUT2D eigenvalue weighted by atomic mass is 31.2. The van der Waals surface area contributed by atoms with Gasteiger partial charge in [-0.05, 0) is 18.4 Å². The Kier molecular flexibility index (Phi) is 12.9. The molecule has 0 radical (unpaired) electrons. The summed E-state index contributed by atoms with van der Waals surface area (Å²) in [6.45, 7) is 4.14. The molecule has 2 saturated heterocycles. The molecule has 1 aromatic heterocycles. The van der Waals surface area contributed by atoms with Gasteiger partial charge < -0.3 is 38.9 Å². The van der Waals surface area contributed by atoms with Gasteiger partial charge in [0.2, 0.25) is 5.91 Å². The van der Waals surface area contributed by atoms with Crippen LogP contribution < -0.4 is 10.2 Å². The van der Waals surface area contributed by atoms with Gasteiger partial charge >= 0.3 is 13.7 Å². The number of hydrogen-bond acceptors (Lipinski definition) is 10. The van der Waals surface area contributed by atoms with E-state index >= 15 is 0 Å². The first-order valence-electron chi connectivity index (χ1n) is 16.9. The van der Waals surface area contributed by atoms with Crippen molar-refractivity contribution in [1.82, 2.24) is 25.1 Å². The van der Waals surface area contributed by atoms with Crippen molar-refractivity contribution < 1.29 is 37.8 Å². The molecule has 3 unspecified atom stereocenters. The molecule has 14 nitrogen and oxygen atoms in total. The predicted octanol–water partition coefficient (Wildman–Crippen LogP) is 3.95. The number of carbonyl (C=O) groups is 3. The van der Waals surface area contributed by atoms with Gasteiger partial charge in [-0.25, -0.2) is 14.8 Å². The molecule has 2 aliphatic rings. The minimum absolute atomic E-state index is 0.00913. The summed E-state index contributed by atoms with van der Waals surface area (Å²) in [5.74, 6) is -0.451. The summed E-state index contributed by atoms with van der Waals surface area (Å²) >= 11 is 0. The van der Waals surface area contributed by atoms with Gasteiger partial charge in [-0.3, -0.25) is 14.2 Å². The molecule has 50 heavy (non-hydrogen) atoms. The SMILES string of the molecule is CCCCOC(=O)N1CCN(C(=O)C(CP(=O)(O)OCc2ccccc2)NC(=O)c2cc(N3CCC(OC)C3)nc(-c3ccccc3)n2)CC1. The molecule has 0 spiro atoms. The number of methoxy groups -OCH3 is 1. The van der Waals surface area contributed by atoms with Gasteiger partial charge in [0.1, 0.15) is 17.6 Å². The fraction of sp³-hybridized carbons (Fsp3) is 0.457. The number of rotatable bonds is 14. The number of benzene rings is 2. The van der Waals surface area contributed by atoms with E-state index < -0.39 is 37.7 Å². The van der Waals surface area contributed by atoms with E-state index in [0.717, 1.165) is 19.3 Å². The van der Waals surface area contributed by atoms with E-state index in [0.29, 0.717) is 42.5 Å². The van der Waals surface area contributed by atoms with E-state index in [9.17, 15) is 23.8 Å². The highest BCUT2D eigenvalue weighted by molar-refractivity contribution is 7.52. The molecule has 2 N–H and O–H groups in total. The van der Waals surface area contributed by atoms with Crippen molar-refractivity contribution in [2.75, 3.05) is 64.0 Å². The van der Waals surface area contributed by atoms with E-state index in [4.69, 9.17) is 19.0 Å². The van der Waals surface area contributed by atoms with Gasteiger partial charge in [-0.2, -0.15) is 0 Å². The van der Waals surface area contributed by atoms with Gasteiger partial charge in [0.05, 0.1) is 25.5 Å². The lowest BCUT2D eigenvalue weighted by Gasteiger charge is -2.36. The number of amides is 3. The molecular weight excluding hydrogens is 663 g/mol. The number of anilines is 1. The molecule has 3 amide bonds. The average Bonchev–Trinajstić information content (AvgIpc) is 3.64. The lowest BCUT2D eigenvalue weighted by atomic mass is 10.2. The van der Waals surface area contributed by atoms with Crippen LogP contribution in [0.15, 0.2) is 66.7 Å². The third-order valence-electron chi connectivity index (χ3n) is 8.65. The molecule has 3 aromatic rings. The summed E-state index contributed by atoms with van der Waals surface area (Å²) in [4.78, 5) is 65.6. The van der Waals surface area contributed by atoms with Crippen LogP contribution in [0.2, 0.25) is 0 Å². The highest BCUT2D eigenvalue weighted by Gasteiger charge is 2.36. The largest absolute Gasteiger partial charge is 0.449 e. The maximum atomic E-state index is 14.0. The van der Waals surface area contributed by atoms with E-state index in [1.54, 1.807) is 37.4 Å². The highest BCUT2D eigenvalue weighted by Crippen LogP contribution is 2.43. The number of nitrogens with zero attached hydrogens (tertiary/aromatic N) is 5. The van der Waals surface area contributed by atoms with Crippen molar-refractivity contribution in [2.24, 2.45) is 0 Å². The van der Waals surface area contributed by atoms with Crippen LogP contribution in [0.4, 0.5) is 10.6 Å². The van der Waals surface area contributed by atoms with Gasteiger partial charge in [-0.1, -0.05) is 74.0 Å². The predicted molar refractivity (Wildman–Crippen MR) is 187 cm³/mol. The Morgan fingerprint density at radius 3 is 2.32 bits per heavy atom. The Balaban J connectivity index is 1.37. The maximum Gasteiger partial charge on any atom is 0.409 e. The van der Waals surface area contributed by atoms with Crippen molar-refractivity contribution in [3.8, 4) is 11.4 Å². The zero-order chi connectivity index (χ0) is 35.5. The first kappa shape index (κ1) is 36.9.